The first-order valence-corrected chi connectivity index (χ1v) is 8.80. The van der Waals surface area contributed by atoms with Gasteiger partial charge in [0.15, 0.2) is 0 Å². The van der Waals surface area contributed by atoms with Crippen LogP contribution in [0.1, 0.15) is 59.9 Å². The van der Waals surface area contributed by atoms with Crippen molar-refractivity contribution in [3.05, 3.63) is 29.8 Å². The fourth-order valence-electron chi connectivity index (χ4n) is 2.97. The first-order valence-electron chi connectivity index (χ1n) is 8.80. The monoisotopic (exact) mass is 333 g/mol. The Morgan fingerprint density at radius 3 is 2.46 bits per heavy atom. The highest BCUT2D eigenvalue weighted by Crippen LogP contribution is 2.31. The van der Waals surface area contributed by atoms with Gasteiger partial charge in [-0.3, -0.25) is 0 Å². The summed E-state index contributed by atoms with van der Waals surface area (Å²) in [7, 11) is 0. The van der Waals surface area contributed by atoms with Gasteiger partial charge in [-0.15, -0.1) is 0 Å². The van der Waals surface area contributed by atoms with Gasteiger partial charge in [0.25, 0.3) is 0 Å². The van der Waals surface area contributed by atoms with Crippen LogP contribution in [0.15, 0.2) is 24.3 Å². The van der Waals surface area contributed by atoms with Crippen LogP contribution in [-0.2, 0) is 10.2 Å². The Morgan fingerprint density at radius 2 is 1.83 bits per heavy atom. The van der Waals surface area contributed by atoms with Crippen molar-refractivity contribution in [1.82, 2.24) is 4.90 Å². The molecule has 0 spiro atoms. The molecule has 1 heterocycles. The van der Waals surface area contributed by atoms with Crippen molar-refractivity contribution in [3.8, 4) is 5.75 Å². The highest BCUT2D eigenvalue weighted by atomic mass is 16.6. The normalized spacial score (nSPS) is 18.6. The minimum Gasteiger partial charge on any atom is -0.491 e. The lowest BCUT2D eigenvalue weighted by Crippen LogP contribution is -2.42. The van der Waals surface area contributed by atoms with Crippen LogP contribution >= 0.6 is 0 Å². The minimum atomic E-state index is -0.468. The number of para-hydroxylation sites is 1. The number of likely N-dealkylation sites (tertiary alicyclic amines) is 1. The molecule has 0 aromatic heterocycles. The number of ether oxygens (including phenoxy) is 2. The Balaban J connectivity index is 2.03. The quantitative estimate of drug-likeness (QED) is 0.800. The molecule has 1 aliphatic heterocycles. The van der Waals surface area contributed by atoms with Gasteiger partial charge in [-0.1, -0.05) is 39.0 Å². The van der Waals surface area contributed by atoms with Gasteiger partial charge in [-0.25, -0.2) is 4.79 Å². The number of rotatable bonds is 3. The molecule has 0 radical (unpaired) electrons. The maximum absolute atomic E-state index is 12.4. The number of hydrogen-bond donors (Lipinski definition) is 0. The molecule has 1 aromatic rings. The average Bonchev–Trinajstić information content (AvgIpc) is 2.91. The maximum atomic E-state index is 12.4. The molecule has 0 bridgehead atoms. The molecule has 1 atom stereocenters. The summed E-state index contributed by atoms with van der Waals surface area (Å²) in [5, 5.41) is 0. The summed E-state index contributed by atoms with van der Waals surface area (Å²) in [6, 6.07) is 8.22. The fraction of sp³-hybridized carbons (Fsp3) is 0.650. The average molecular weight is 333 g/mol. The van der Waals surface area contributed by atoms with Crippen molar-refractivity contribution < 1.29 is 14.3 Å². The standard InChI is InChI=1S/C20H31NO3/c1-19(2,3)16-11-7-8-12-17(16)23-14-15-10-9-13-21(15)18(22)24-20(4,5)6/h7-8,11-12,15H,9-10,13-14H2,1-6H3. The van der Waals surface area contributed by atoms with Crippen LogP contribution < -0.4 is 4.74 Å². The number of hydrogen-bond acceptors (Lipinski definition) is 3. The van der Waals surface area contributed by atoms with E-state index in [4.69, 9.17) is 9.47 Å². The van der Waals surface area contributed by atoms with Crippen molar-refractivity contribution in [2.45, 2.75) is 71.4 Å². The number of amides is 1. The van der Waals surface area contributed by atoms with Crippen molar-refractivity contribution in [3.63, 3.8) is 0 Å². The van der Waals surface area contributed by atoms with Gasteiger partial charge in [0, 0.05) is 6.54 Å². The molecule has 1 amide bonds. The molecule has 0 aliphatic carbocycles. The van der Waals surface area contributed by atoms with E-state index in [9.17, 15) is 4.79 Å². The predicted octanol–water partition coefficient (Wildman–Crippen LogP) is 4.76. The second kappa shape index (κ2) is 7.04. The number of nitrogens with zero attached hydrogens (tertiary/aromatic N) is 1. The zero-order valence-electron chi connectivity index (χ0n) is 15.9. The molecule has 2 rings (SSSR count). The van der Waals surface area contributed by atoms with Gasteiger partial charge in [0.1, 0.15) is 18.0 Å². The van der Waals surface area contributed by atoms with Gasteiger partial charge >= 0.3 is 6.09 Å². The number of carbonyl (C=O) groups is 1. The Labute approximate surface area is 146 Å². The molecule has 24 heavy (non-hydrogen) atoms. The van der Waals surface area contributed by atoms with Gasteiger partial charge in [0.05, 0.1) is 6.04 Å². The summed E-state index contributed by atoms with van der Waals surface area (Å²) in [5.74, 6) is 0.904. The highest BCUT2D eigenvalue weighted by Gasteiger charge is 2.33. The Morgan fingerprint density at radius 1 is 1.17 bits per heavy atom. The van der Waals surface area contributed by atoms with E-state index in [-0.39, 0.29) is 17.6 Å². The van der Waals surface area contributed by atoms with Crippen molar-refractivity contribution >= 4 is 6.09 Å². The van der Waals surface area contributed by atoms with Crippen LogP contribution in [0.25, 0.3) is 0 Å². The zero-order valence-corrected chi connectivity index (χ0v) is 15.9. The lowest BCUT2D eigenvalue weighted by Gasteiger charge is -2.29. The van der Waals surface area contributed by atoms with Crippen LogP contribution in [0, 0.1) is 0 Å². The topological polar surface area (TPSA) is 38.8 Å². The van der Waals surface area contributed by atoms with Gasteiger partial charge < -0.3 is 14.4 Å². The van der Waals surface area contributed by atoms with Gasteiger partial charge in [0.2, 0.25) is 0 Å². The third-order valence-corrected chi connectivity index (χ3v) is 4.13. The summed E-state index contributed by atoms with van der Waals surface area (Å²) in [6.45, 7) is 13.5. The molecule has 1 unspecified atom stereocenters. The van der Waals surface area contributed by atoms with Crippen LogP contribution in [0.2, 0.25) is 0 Å². The first kappa shape index (κ1) is 18.6. The number of benzene rings is 1. The van der Waals surface area contributed by atoms with E-state index in [1.807, 2.05) is 43.9 Å². The van der Waals surface area contributed by atoms with Crippen molar-refractivity contribution in [1.29, 1.82) is 0 Å². The zero-order chi connectivity index (χ0) is 18.0. The van der Waals surface area contributed by atoms with E-state index < -0.39 is 5.60 Å². The molecule has 4 heteroatoms. The van der Waals surface area contributed by atoms with E-state index in [2.05, 4.69) is 26.8 Å². The number of carbonyl (C=O) groups excluding carboxylic acids is 1. The summed E-state index contributed by atoms with van der Waals surface area (Å²) in [6.07, 6.45) is 1.71. The Bertz CT molecular complexity index is 569. The Hall–Kier alpha value is -1.71. The van der Waals surface area contributed by atoms with Crippen LogP contribution in [-0.4, -0.2) is 35.8 Å². The lowest BCUT2D eigenvalue weighted by molar-refractivity contribution is 0.0187. The summed E-state index contributed by atoms with van der Waals surface area (Å²) in [4.78, 5) is 14.2. The molecule has 0 N–H and O–H groups in total. The fourth-order valence-corrected chi connectivity index (χ4v) is 2.97. The minimum absolute atomic E-state index is 0.0249. The van der Waals surface area contributed by atoms with E-state index >= 15 is 0 Å². The second-order valence-electron chi connectivity index (χ2n) is 8.53. The maximum Gasteiger partial charge on any atom is 0.410 e. The van der Waals surface area contributed by atoms with Crippen molar-refractivity contribution in [2.24, 2.45) is 0 Å². The SMILES string of the molecule is CC(C)(C)OC(=O)N1CCCC1COc1ccccc1C(C)(C)C. The van der Waals surface area contributed by atoms with E-state index in [0.717, 1.165) is 25.1 Å². The van der Waals surface area contributed by atoms with Crippen LogP contribution in [0.5, 0.6) is 5.75 Å². The van der Waals surface area contributed by atoms with Gasteiger partial charge in [-0.05, 0) is 50.7 Å². The predicted molar refractivity (Wildman–Crippen MR) is 96.6 cm³/mol. The molecule has 1 saturated heterocycles. The highest BCUT2D eigenvalue weighted by molar-refractivity contribution is 5.69. The molecule has 134 valence electrons. The van der Waals surface area contributed by atoms with Crippen molar-refractivity contribution in [2.75, 3.05) is 13.2 Å². The Kier molecular flexibility index (Phi) is 5.46. The molecule has 0 saturated carbocycles. The third kappa shape index (κ3) is 4.89. The summed E-state index contributed by atoms with van der Waals surface area (Å²) >= 11 is 0. The van der Waals surface area contributed by atoms with E-state index in [0.29, 0.717) is 6.61 Å². The molecular weight excluding hydrogens is 302 g/mol. The molecular formula is C20H31NO3. The largest absolute Gasteiger partial charge is 0.491 e. The van der Waals surface area contributed by atoms with E-state index in [1.54, 1.807) is 0 Å². The third-order valence-electron chi connectivity index (χ3n) is 4.13. The molecule has 4 nitrogen and oxygen atoms in total. The smallest absolute Gasteiger partial charge is 0.410 e. The van der Waals surface area contributed by atoms with Gasteiger partial charge in [-0.2, -0.15) is 0 Å². The first-order chi connectivity index (χ1) is 11.1. The summed E-state index contributed by atoms with van der Waals surface area (Å²) < 4.78 is 11.6. The second-order valence-corrected chi connectivity index (χ2v) is 8.53. The van der Waals surface area contributed by atoms with Crippen LogP contribution in [0.3, 0.4) is 0 Å². The molecule has 1 aromatic carbocycles. The molecule has 1 fully saturated rings. The van der Waals surface area contributed by atoms with E-state index in [1.165, 1.54) is 5.56 Å². The van der Waals surface area contributed by atoms with Crippen LogP contribution in [0.4, 0.5) is 4.79 Å². The lowest BCUT2D eigenvalue weighted by atomic mass is 9.86. The summed E-state index contributed by atoms with van der Waals surface area (Å²) in [5.41, 5.74) is 0.743. The molecule has 1 aliphatic rings.